The third kappa shape index (κ3) is 28.2. The minimum absolute atomic E-state index is 0.00578. The van der Waals surface area contributed by atoms with Crippen molar-refractivity contribution < 1.29 is 46.8 Å². The first-order valence-electron chi connectivity index (χ1n) is 43.8. The average molecular weight is 1720 g/mol. The molecule has 124 heavy (non-hydrogen) atoms. The number of rotatable bonds is 34. The van der Waals surface area contributed by atoms with Crippen molar-refractivity contribution in [3.63, 3.8) is 0 Å². The number of carbonyl (C=O) groups excluding carboxylic acids is 7. The second-order valence-corrected chi connectivity index (χ2v) is 54.8. The molecule has 5 atom stereocenters. The zero-order valence-corrected chi connectivity index (χ0v) is 79.7. The lowest BCUT2D eigenvalue weighted by Gasteiger charge is -2.50. The molecule has 0 bridgehead atoms. The van der Waals surface area contributed by atoms with E-state index in [4.69, 9.17) is 19.0 Å². The topological polar surface area (TPSA) is 209 Å². The van der Waals surface area contributed by atoms with Gasteiger partial charge in [-0.25, -0.2) is 0 Å². The van der Waals surface area contributed by atoms with Crippen molar-refractivity contribution >= 4 is 66.2 Å². The Hall–Kier alpha value is -10.5. The molecule has 0 aliphatic heterocycles. The van der Waals surface area contributed by atoms with Crippen molar-refractivity contribution in [3.05, 3.63) is 359 Å². The van der Waals surface area contributed by atoms with Crippen molar-refractivity contribution in [2.75, 3.05) is 6.54 Å². The van der Waals surface area contributed by atoms with E-state index in [1.54, 1.807) is 24.3 Å². The van der Waals surface area contributed by atoms with Crippen LogP contribution in [0.25, 0.3) is 0 Å². The van der Waals surface area contributed by atoms with Gasteiger partial charge in [-0.05, 0) is 100 Å². The van der Waals surface area contributed by atoms with Crippen LogP contribution < -0.4 is 21.7 Å². The molecule has 656 valence electrons. The SMILES string of the molecule is CC(C)(C)[Si](Cc1ccccc1)(OC(=O)[C@H](Cc1ccccc1)NC(=O)[C@@H](CCC(=O)c1ccccc1)Cc1ccccc1)C(C)(C)C.CC(C)(C)[Si](Cc1ccccc1)(OC(=O)[C@H](Cc1ccccc1)NC(=O)[C@@H](N)Cc1ccccc1)C(C)(C)C.CC(C)(C)[Si](Cc1ccccc1)(OC(=O)[C@H](Cc1ccccc1)NCC(=O)c1ccccc1)C(C)(C)C. The van der Waals surface area contributed by atoms with Crippen molar-refractivity contribution in [1.29, 1.82) is 0 Å². The van der Waals surface area contributed by atoms with Gasteiger partial charge in [0.15, 0.2) is 11.6 Å². The van der Waals surface area contributed by atoms with Gasteiger partial charge >= 0.3 is 17.9 Å². The minimum atomic E-state index is -2.93. The molecule has 14 nitrogen and oxygen atoms in total. The molecule has 0 heterocycles. The predicted octanol–water partition coefficient (Wildman–Crippen LogP) is 22.2. The van der Waals surface area contributed by atoms with Crippen LogP contribution in [0.1, 0.15) is 203 Å². The predicted molar refractivity (Wildman–Crippen MR) is 513 cm³/mol. The van der Waals surface area contributed by atoms with Gasteiger partial charge in [-0.1, -0.05) is 428 Å². The lowest BCUT2D eigenvalue weighted by molar-refractivity contribution is -0.141. The van der Waals surface area contributed by atoms with Crippen LogP contribution in [0.3, 0.4) is 0 Å². The van der Waals surface area contributed by atoms with E-state index in [2.05, 4.69) is 177 Å². The summed E-state index contributed by atoms with van der Waals surface area (Å²) in [7, 11) is -8.57. The fourth-order valence-corrected chi connectivity index (χ4v) is 33.2. The van der Waals surface area contributed by atoms with Crippen molar-refractivity contribution in [2.45, 2.75) is 242 Å². The standard InChI is InChI=1S/C42H51NO4Si.C33H44N2O3Si.C32H41NO3Si/c1-41(2,3)48(42(4,5)6,31-34-23-15-9-16-24-34)47-40(46)37(30-33-21-13-8-14-22-33)43-39(45)36(29-32-19-11-7-12-20-32)27-28-38(44)35-25-17-10-18-26-35;1-32(2,3)39(33(4,5)6,24-27-20-14-9-15-21-27)38-31(37)29(23-26-18-12-8-13-19-26)35-30(36)28(34)22-25-16-10-7-11-17-25;1-31(2,3)37(32(4,5)6,24-26-18-12-8-13-19-26)36-30(35)28(22-25-16-10-7-11-17-25)33-23-29(34)27-20-14-9-15-21-27/h7-26,36-37H,27-31H2,1-6H3,(H,43,45);7-21,28-29H,22-24,34H2,1-6H3,(H,35,36);7-21,28,33H,22-24H2,1-6H3/t36-,37-;28-,29-;28-/m000/s1. The lowest BCUT2D eigenvalue weighted by atomic mass is 9.91. The summed E-state index contributed by atoms with van der Waals surface area (Å²) in [5, 5.41) is 7.80. The molecule has 0 saturated heterocycles. The van der Waals surface area contributed by atoms with E-state index >= 15 is 0 Å². The molecule has 0 aliphatic rings. The fraction of sp³-hybridized carbons (Fsp3) is 0.374. The first kappa shape index (κ1) is 98.9. The normalized spacial score (nSPS) is 13.4. The van der Waals surface area contributed by atoms with E-state index in [1.165, 1.54) is 5.56 Å². The number of hydrogen-bond donors (Lipinski definition) is 4. The van der Waals surface area contributed by atoms with E-state index in [0.717, 1.165) is 45.0 Å². The molecule has 10 aromatic carbocycles. The number of amides is 2. The molecule has 17 heteroatoms. The molecule has 2 amide bonds. The van der Waals surface area contributed by atoms with Gasteiger partial charge in [-0.2, -0.15) is 0 Å². The summed E-state index contributed by atoms with van der Waals surface area (Å²) in [4.78, 5) is 96.2. The zero-order valence-electron chi connectivity index (χ0n) is 76.7. The van der Waals surface area contributed by atoms with Crippen molar-refractivity contribution in [3.8, 4) is 0 Å². The molecule has 0 unspecified atom stereocenters. The van der Waals surface area contributed by atoms with E-state index in [0.29, 0.717) is 61.7 Å². The van der Waals surface area contributed by atoms with E-state index in [-0.39, 0.29) is 72.5 Å². The molecule has 10 aromatic rings. The van der Waals surface area contributed by atoms with Gasteiger partial charge in [0.05, 0.1) is 12.6 Å². The van der Waals surface area contributed by atoms with Gasteiger partial charge in [-0.3, -0.25) is 38.9 Å². The van der Waals surface area contributed by atoms with Crippen LogP contribution in [0, 0.1) is 5.92 Å². The summed E-state index contributed by atoms with van der Waals surface area (Å²) in [5.74, 6) is -2.26. The van der Waals surface area contributed by atoms with Crippen LogP contribution >= 0.6 is 0 Å². The monoisotopic (exact) mass is 1720 g/mol. The molecule has 0 fully saturated rings. The van der Waals surface area contributed by atoms with Crippen LogP contribution in [0.15, 0.2) is 303 Å². The Morgan fingerprint density at radius 1 is 0.282 bits per heavy atom. The Morgan fingerprint density at radius 3 is 0.790 bits per heavy atom. The Bertz CT molecular complexity index is 4910. The summed E-state index contributed by atoms with van der Waals surface area (Å²) in [5.41, 5.74) is 15.9. The maximum atomic E-state index is 14.6. The molecular weight excluding hydrogens is 1590 g/mol. The van der Waals surface area contributed by atoms with Crippen LogP contribution in [-0.2, 0) is 87.5 Å². The number of hydrogen-bond acceptors (Lipinski definition) is 12. The quantitative estimate of drug-likeness (QED) is 0.0219. The summed E-state index contributed by atoms with van der Waals surface area (Å²) in [6.07, 6.45) is 2.51. The van der Waals surface area contributed by atoms with Gasteiger partial charge in [0.1, 0.15) is 18.1 Å². The summed E-state index contributed by atoms with van der Waals surface area (Å²) >= 11 is 0. The zero-order chi connectivity index (χ0) is 90.6. The molecule has 0 spiro atoms. The maximum Gasteiger partial charge on any atom is 0.315 e. The van der Waals surface area contributed by atoms with Gasteiger partial charge in [-0.15, -0.1) is 0 Å². The van der Waals surface area contributed by atoms with Gasteiger partial charge < -0.3 is 29.6 Å². The average Bonchev–Trinajstić information content (AvgIpc) is 0.757. The highest BCUT2D eigenvalue weighted by molar-refractivity contribution is 6.81. The molecular formula is C107H136N4O10Si3. The van der Waals surface area contributed by atoms with Gasteiger partial charge in [0.2, 0.25) is 11.8 Å². The first-order valence-corrected chi connectivity index (χ1v) is 50.1. The Kier molecular flexibility index (Phi) is 35.8. The summed E-state index contributed by atoms with van der Waals surface area (Å²) in [6, 6.07) is 96.9. The third-order valence-corrected chi connectivity index (χ3v) is 43.0. The Balaban J connectivity index is 0.000000233. The number of nitrogens with two attached hydrogens (primary N) is 1. The van der Waals surface area contributed by atoms with E-state index < -0.39 is 67.0 Å². The first-order chi connectivity index (χ1) is 58.5. The summed E-state index contributed by atoms with van der Waals surface area (Å²) < 4.78 is 20.4. The third-order valence-electron chi connectivity index (χ3n) is 24.1. The molecule has 0 radical (unpaired) electrons. The molecule has 10 rings (SSSR count). The van der Waals surface area contributed by atoms with Crippen LogP contribution in [-0.4, -0.2) is 97.0 Å². The lowest BCUT2D eigenvalue weighted by Crippen LogP contribution is -2.60. The highest BCUT2D eigenvalue weighted by Gasteiger charge is 2.61. The van der Waals surface area contributed by atoms with E-state index in [9.17, 15) is 33.6 Å². The van der Waals surface area contributed by atoms with Crippen LogP contribution in [0.4, 0.5) is 0 Å². The van der Waals surface area contributed by atoms with E-state index in [1.807, 2.05) is 243 Å². The fourth-order valence-electron chi connectivity index (χ4n) is 17.3. The minimum Gasteiger partial charge on any atom is -0.516 e. The Labute approximate surface area is 743 Å². The van der Waals surface area contributed by atoms with Gasteiger partial charge in [0.25, 0.3) is 25.0 Å². The molecule has 5 N–H and O–H groups in total. The second-order valence-electron chi connectivity index (χ2n) is 39.2. The second kappa shape index (κ2) is 44.9. The number of Topliss-reactive ketones (excluding diaryl/α,β-unsaturated/α-hetero) is 2. The molecule has 0 aliphatic carbocycles. The molecule has 0 saturated carbocycles. The number of ketones is 2. The highest BCUT2D eigenvalue weighted by atomic mass is 28.4. The van der Waals surface area contributed by atoms with Crippen molar-refractivity contribution in [2.24, 2.45) is 11.7 Å². The number of carbonyl (C=O) groups is 7. The number of benzene rings is 10. The summed E-state index contributed by atoms with van der Waals surface area (Å²) in [6.45, 7) is 39.3. The van der Waals surface area contributed by atoms with Gasteiger partial charge in [0, 0.05) is 54.4 Å². The highest BCUT2D eigenvalue weighted by Crippen LogP contribution is 2.56. The molecule has 0 aromatic heterocycles. The Morgan fingerprint density at radius 2 is 0.508 bits per heavy atom. The maximum absolute atomic E-state index is 14.6. The van der Waals surface area contributed by atoms with Crippen LogP contribution in [0.5, 0.6) is 0 Å². The largest absolute Gasteiger partial charge is 0.516 e. The smallest absolute Gasteiger partial charge is 0.315 e. The van der Waals surface area contributed by atoms with Crippen molar-refractivity contribution in [1.82, 2.24) is 16.0 Å². The number of nitrogens with one attached hydrogen (secondary N) is 3. The van der Waals surface area contributed by atoms with Crippen LogP contribution in [0.2, 0.25) is 30.2 Å².